The molecule has 0 radical (unpaired) electrons. The molecule has 1 aromatic carbocycles. The van der Waals surface area contributed by atoms with Crippen molar-refractivity contribution in [1.82, 2.24) is 9.67 Å². The van der Waals surface area contributed by atoms with Gasteiger partial charge in [-0.25, -0.2) is 4.79 Å². The van der Waals surface area contributed by atoms with E-state index in [9.17, 15) is 4.79 Å². The van der Waals surface area contributed by atoms with Crippen LogP contribution < -0.4 is 4.68 Å². The first-order chi connectivity index (χ1) is 12.2. The first-order valence-electron chi connectivity index (χ1n) is 7.63. The van der Waals surface area contributed by atoms with Crippen LogP contribution >= 0.6 is 64.7 Å². The standard InChI is InChI=1S/C14H16N3O2S.6ClH.Sb/c1-3-19-14(18)16-10(2)15-13-8-9-20-12-7-5-4-6-11(12)17(13)16;;;;;;;/h4-7H,3,8-9H2,1-2H3;6*1H;/q+1;;;;;;;+5/p-6. The predicted molar refractivity (Wildman–Crippen MR) is 116 cm³/mol. The molecule has 5 nitrogen and oxygen atoms in total. The number of nitrogens with zero attached hydrogens (tertiary/aromatic N) is 3. The average Bonchev–Trinajstić information content (AvgIpc) is 2.71. The number of hydrogen-bond acceptors (Lipinski definition) is 4. The van der Waals surface area contributed by atoms with Crippen molar-refractivity contribution < 1.29 is 14.2 Å². The zero-order chi connectivity index (χ0) is 20.5. The van der Waals surface area contributed by atoms with Gasteiger partial charge < -0.3 is 4.74 Å². The van der Waals surface area contributed by atoms with Crippen molar-refractivity contribution >= 4 is 80.0 Å². The average molecular weight is 625 g/mol. The number of rotatable bonds is 1. The molecule has 2 heterocycles. The Kier molecular flexibility index (Phi) is 7.21. The maximum atomic E-state index is 12.2. The molecule has 13 heteroatoms. The fourth-order valence-corrected chi connectivity index (χ4v) is 3.34. The first-order valence-corrected chi connectivity index (χ1v) is 28.0. The van der Waals surface area contributed by atoms with Crippen molar-refractivity contribution in [2.45, 2.75) is 25.2 Å². The van der Waals surface area contributed by atoms with Crippen LogP contribution in [0.1, 0.15) is 18.6 Å². The van der Waals surface area contributed by atoms with Crippen LogP contribution in [0.2, 0.25) is 0 Å². The van der Waals surface area contributed by atoms with Gasteiger partial charge in [0.2, 0.25) is 0 Å². The number of aryl methyl sites for hydroxylation is 2. The second-order valence-electron chi connectivity index (χ2n) is 5.42. The summed E-state index contributed by atoms with van der Waals surface area (Å²) in [4.78, 5) is 17.9. The number of carbonyl (C=O) groups is 1. The second-order valence-corrected chi connectivity index (χ2v) is 63.5. The van der Waals surface area contributed by atoms with E-state index in [1.54, 1.807) is 18.7 Å². The SMILES string of the molecule is CCOC(=O)n1c(C)nc2[n+]1-c1ccccc1SCC2.[Cl][Sb-]([Cl])([Cl])([Cl])([Cl])[Cl]. The van der Waals surface area contributed by atoms with Gasteiger partial charge in [-0.1, -0.05) is 16.8 Å². The Morgan fingerprint density at radius 1 is 1.26 bits per heavy atom. The van der Waals surface area contributed by atoms with Crippen molar-refractivity contribution in [3.63, 3.8) is 0 Å². The Bertz CT molecular complexity index is 858. The van der Waals surface area contributed by atoms with E-state index < -0.39 is 9.14 Å². The van der Waals surface area contributed by atoms with E-state index in [1.807, 2.05) is 29.8 Å². The number of benzene rings is 1. The van der Waals surface area contributed by atoms with E-state index in [0.717, 1.165) is 28.6 Å². The van der Waals surface area contributed by atoms with E-state index in [4.69, 9.17) is 57.7 Å². The van der Waals surface area contributed by atoms with Gasteiger partial charge in [0, 0.05) is 12.7 Å². The van der Waals surface area contributed by atoms with Crippen LogP contribution in [-0.2, 0) is 11.2 Å². The Balaban J connectivity index is 0.000000321. The molecular formula is C14H16Cl6N3O2SSb. The molecule has 1 aliphatic rings. The summed E-state index contributed by atoms with van der Waals surface area (Å²) < 4.78 is 8.54. The van der Waals surface area contributed by atoms with Crippen molar-refractivity contribution in [3.8, 4) is 5.69 Å². The molecule has 0 unspecified atom stereocenters. The molecule has 0 bridgehead atoms. The van der Waals surface area contributed by atoms with Crippen molar-refractivity contribution in [2.75, 3.05) is 12.4 Å². The number of thioether (sulfide) groups is 1. The summed E-state index contributed by atoms with van der Waals surface area (Å²) in [6.45, 7) is 3.98. The van der Waals surface area contributed by atoms with Crippen LogP contribution in [0.4, 0.5) is 4.79 Å². The van der Waals surface area contributed by atoms with E-state index in [0.29, 0.717) is 12.4 Å². The van der Waals surface area contributed by atoms with Gasteiger partial charge in [0.1, 0.15) is 0 Å². The normalized spacial score (nSPS) is 15.9. The molecule has 0 saturated heterocycles. The van der Waals surface area contributed by atoms with E-state index >= 15 is 0 Å². The summed E-state index contributed by atoms with van der Waals surface area (Å²) in [6, 6.07) is 8.06. The summed E-state index contributed by atoms with van der Waals surface area (Å²) in [6.07, 6.45) is 0.442. The number of aromatic nitrogens is 3. The predicted octanol–water partition coefficient (Wildman–Crippen LogP) is 5.88. The van der Waals surface area contributed by atoms with E-state index in [-0.39, 0.29) is 6.09 Å². The van der Waals surface area contributed by atoms with Gasteiger partial charge in [-0.3, -0.25) is 0 Å². The Morgan fingerprint density at radius 2 is 1.85 bits per heavy atom. The van der Waals surface area contributed by atoms with E-state index in [1.165, 1.54) is 4.68 Å². The monoisotopic (exact) mass is 621 g/mol. The third-order valence-corrected chi connectivity index (χ3v) is 4.22. The van der Waals surface area contributed by atoms with Crippen molar-refractivity contribution in [1.29, 1.82) is 0 Å². The Morgan fingerprint density at radius 3 is 2.44 bits per heavy atom. The third kappa shape index (κ3) is 8.18. The number of carbonyl (C=O) groups excluding carboxylic acids is 1. The fraction of sp³-hybridized carbons (Fsp3) is 0.357. The molecule has 0 saturated carbocycles. The minimum absolute atomic E-state index is 0.349. The Hall–Kier alpha value is 0.738. The summed E-state index contributed by atoms with van der Waals surface area (Å²) >= 11 is 1.78. The van der Waals surface area contributed by atoms with Gasteiger partial charge in [-0.2, -0.15) is 0 Å². The number of hydrogen-bond donors (Lipinski definition) is 0. The number of fused-ring (bicyclic) bond motifs is 3. The molecule has 2 aromatic rings. The van der Waals surface area contributed by atoms with Gasteiger partial charge in [0.15, 0.2) is 5.69 Å². The minimum atomic E-state index is -5.42. The molecule has 152 valence electrons. The summed E-state index contributed by atoms with van der Waals surface area (Å²) in [7, 11) is 25.0. The zero-order valence-corrected chi connectivity index (χ0v) is 22.1. The molecule has 0 amide bonds. The van der Waals surface area contributed by atoms with Gasteiger partial charge >= 0.3 is 74.0 Å². The van der Waals surface area contributed by atoms with Gasteiger partial charge in [0.05, 0.1) is 17.9 Å². The summed E-state index contributed by atoms with van der Waals surface area (Å²) in [5.41, 5.74) is 0.985. The number of para-hydroxylation sites is 1. The van der Waals surface area contributed by atoms with Crippen LogP contribution in [0.3, 0.4) is 0 Å². The Labute approximate surface area is 181 Å². The van der Waals surface area contributed by atoms with Gasteiger partial charge in [0.25, 0.3) is 5.82 Å². The topological polar surface area (TPSA) is 48.0 Å². The number of halogens is 6. The van der Waals surface area contributed by atoms with Crippen LogP contribution in [-0.4, -0.2) is 37.3 Å². The number of ether oxygens (including phenoxy) is 1. The molecule has 0 N–H and O–H groups in total. The summed E-state index contributed by atoms with van der Waals surface area (Å²) in [5, 5.41) is 0. The molecule has 1 aromatic heterocycles. The molecule has 0 atom stereocenters. The molecule has 3 rings (SSSR count). The molecule has 27 heavy (non-hydrogen) atoms. The molecule has 0 fully saturated rings. The van der Waals surface area contributed by atoms with Crippen LogP contribution in [0.25, 0.3) is 5.69 Å². The van der Waals surface area contributed by atoms with Gasteiger partial charge in [-0.15, -0.1) is 16.4 Å². The van der Waals surface area contributed by atoms with Crippen LogP contribution in [0.15, 0.2) is 29.2 Å². The van der Waals surface area contributed by atoms with Crippen LogP contribution in [0.5, 0.6) is 0 Å². The maximum absolute atomic E-state index is 12.2. The summed E-state index contributed by atoms with van der Waals surface area (Å²) in [5.74, 6) is 2.50. The molecule has 0 aliphatic carbocycles. The molecular weight excluding hydrogens is 609 g/mol. The fourth-order valence-electron chi connectivity index (χ4n) is 2.36. The quantitative estimate of drug-likeness (QED) is 0.294. The first kappa shape index (κ1) is 24.0. The van der Waals surface area contributed by atoms with Crippen molar-refractivity contribution in [3.05, 3.63) is 35.9 Å². The van der Waals surface area contributed by atoms with Crippen LogP contribution in [0, 0.1) is 6.92 Å². The van der Waals surface area contributed by atoms with Crippen molar-refractivity contribution in [2.24, 2.45) is 0 Å². The molecule has 1 aliphatic heterocycles. The van der Waals surface area contributed by atoms with Gasteiger partial charge in [-0.05, 0) is 24.0 Å². The van der Waals surface area contributed by atoms with E-state index in [2.05, 4.69) is 11.1 Å². The molecule has 0 spiro atoms. The zero-order valence-electron chi connectivity index (χ0n) is 14.2. The third-order valence-electron chi connectivity index (χ3n) is 3.16. The second kappa shape index (κ2) is 8.11.